The van der Waals surface area contributed by atoms with Gasteiger partial charge in [0.2, 0.25) is 5.95 Å². The summed E-state index contributed by atoms with van der Waals surface area (Å²) in [6, 6.07) is 14.2. The third kappa shape index (κ3) is 2.64. The van der Waals surface area contributed by atoms with Gasteiger partial charge in [0.1, 0.15) is 17.9 Å². The van der Waals surface area contributed by atoms with Gasteiger partial charge in [0.15, 0.2) is 0 Å². The molecule has 0 unspecified atom stereocenters. The van der Waals surface area contributed by atoms with Crippen LogP contribution >= 0.6 is 0 Å². The summed E-state index contributed by atoms with van der Waals surface area (Å²) < 4.78 is 15.1. The van der Waals surface area contributed by atoms with Crippen molar-refractivity contribution in [3.63, 3.8) is 0 Å². The van der Waals surface area contributed by atoms with Gasteiger partial charge in [0, 0.05) is 18.0 Å². The van der Waals surface area contributed by atoms with Gasteiger partial charge in [0.05, 0.1) is 12.0 Å². The molecule has 6 heteroatoms. The van der Waals surface area contributed by atoms with Gasteiger partial charge in [-0.2, -0.15) is 10.1 Å². The largest absolute Gasteiger partial charge is 0.328 e. The highest BCUT2D eigenvalue weighted by Gasteiger charge is 2.43. The number of Topliss-reactive ketones (excluding diaryl/α,β-unsaturated/α-hetero) is 1. The van der Waals surface area contributed by atoms with Crippen molar-refractivity contribution in [1.29, 1.82) is 0 Å². The lowest BCUT2D eigenvalue weighted by molar-refractivity contribution is -0.123. The molecule has 3 aromatic rings. The Morgan fingerprint density at radius 3 is 2.71 bits per heavy atom. The van der Waals surface area contributed by atoms with Gasteiger partial charge in [-0.1, -0.05) is 42.5 Å². The second-order valence-corrected chi connectivity index (χ2v) is 7.38. The minimum Gasteiger partial charge on any atom is -0.328 e. The summed E-state index contributed by atoms with van der Waals surface area (Å²) in [5.74, 6) is 0.0720. The molecule has 2 heterocycles. The standard InChI is InChI=1S/C22H19FN4O/c1-13-4-2-3-5-17(13)21-20-18(26-22-24-12-25-27(21)22)10-15(11-19(20)28)14-6-8-16(23)9-7-14/h2-10,12,15,20-21H,11H2,1H3,(H,24,25,26)/t15-,20+,21-/m1/s1. The summed E-state index contributed by atoms with van der Waals surface area (Å²) in [6.07, 6.45) is 3.98. The Kier molecular flexibility index (Phi) is 3.86. The topological polar surface area (TPSA) is 59.8 Å². The molecule has 5 nitrogen and oxygen atoms in total. The molecule has 0 amide bonds. The normalized spacial score (nSPS) is 23.4. The van der Waals surface area contributed by atoms with Crippen molar-refractivity contribution in [1.82, 2.24) is 14.8 Å². The van der Waals surface area contributed by atoms with Gasteiger partial charge < -0.3 is 5.32 Å². The molecule has 140 valence electrons. The van der Waals surface area contributed by atoms with E-state index in [-0.39, 0.29) is 29.5 Å². The van der Waals surface area contributed by atoms with Crippen LogP contribution in [0.5, 0.6) is 0 Å². The Labute approximate surface area is 161 Å². The molecule has 0 bridgehead atoms. The molecular formula is C22H19FN4O. The van der Waals surface area contributed by atoms with Crippen molar-refractivity contribution < 1.29 is 9.18 Å². The van der Waals surface area contributed by atoms with E-state index in [0.29, 0.717) is 12.4 Å². The Hall–Kier alpha value is -3.28. The molecule has 1 aliphatic heterocycles. The predicted octanol–water partition coefficient (Wildman–Crippen LogP) is 4.00. The van der Waals surface area contributed by atoms with Crippen LogP contribution in [0.3, 0.4) is 0 Å². The molecule has 5 rings (SSSR count). The first kappa shape index (κ1) is 16.9. The Morgan fingerprint density at radius 2 is 1.93 bits per heavy atom. The number of allylic oxidation sites excluding steroid dienone is 2. The number of aryl methyl sites for hydroxylation is 1. The van der Waals surface area contributed by atoms with Crippen LogP contribution in [0, 0.1) is 18.7 Å². The minimum atomic E-state index is -0.341. The molecule has 0 spiro atoms. The van der Waals surface area contributed by atoms with Crippen LogP contribution in [0.1, 0.15) is 35.1 Å². The molecule has 0 saturated carbocycles. The van der Waals surface area contributed by atoms with Crippen LogP contribution in [0.4, 0.5) is 10.3 Å². The maximum absolute atomic E-state index is 13.3. The summed E-state index contributed by atoms with van der Waals surface area (Å²) in [5.41, 5.74) is 3.96. The molecule has 2 aliphatic rings. The fourth-order valence-electron chi connectivity index (χ4n) is 4.33. The summed E-state index contributed by atoms with van der Waals surface area (Å²) in [4.78, 5) is 17.6. The van der Waals surface area contributed by atoms with E-state index in [1.54, 1.807) is 16.8 Å². The maximum Gasteiger partial charge on any atom is 0.226 e. The fourth-order valence-corrected chi connectivity index (χ4v) is 4.33. The quantitative estimate of drug-likeness (QED) is 0.737. The van der Waals surface area contributed by atoms with Crippen LogP contribution in [-0.2, 0) is 4.79 Å². The number of rotatable bonds is 2. The van der Waals surface area contributed by atoms with Crippen molar-refractivity contribution >= 4 is 11.7 Å². The van der Waals surface area contributed by atoms with Crippen molar-refractivity contribution in [2.75, 3.05) is 5.32 Å². The van der Waals surface area contributed by atoms with Gasteiger partial charge >= 0.3 is 0 Å². The number of hydrogen-bond donors (Lipinski definition) is 1. The second kappa shape index (κ2) is 6.41. The van der Waals surface area contributed by atoms with Gasteiger partial charge in [-0.25, -0.2) is 9.07 Å². The van der Waals surface area contributed by atoms with Gasteiger partial charge in [-0.05, 0) is 35.7 Å². The number of anilines is 1. The van der Waals surface area contributed by atoms with Crippen LogP contribution in [0.25, 0.3) is 0 Å². The molecule has 28 heavy (non-hydrogen) atoms. The minimum absolute atomic E-state index is 0.0844. The lowest BCUT2D eigenvalue weighted by atomic mass is 9.75. The van der Waals surface area contributed by atoms with Crippen molar-refractivity contribution in [2.45, 2.75) is 25.3 Å². The van der Waals surface area contributed by atoms with Crippen LogP contribution in [-0.4, -0.2) is 20.5 Å². The van der Waals surface area contributed by atoms with E-state index in [2.05, 4.69) is 21.5 Å². The zero-order valence-electron chi connectivity index (χ0n) is 15.3. The zero-order chi connectivity index (χ0) is 19.3. The number of benzene rings is 2. The predicted molar refractivity (Wildman–Crippen MR) is 103 cm³/mol. The molecule has 1 aliphatic carbocycles. The third-order valence-electron chi connectivity index (χ3n) is 5.70. The molecule has 1 aromatic heterocycles. The number of halogens is 1. The van der Waals surface area contributed by atoms with E-state index in [1.807, 2.05) is 31.2 Å². The van der Waals surface area contributed by atoms with E-state index in [1.165, 1.54) is 18.5 Å². The molecule has 0 saturated heterocycles. The number of aromatic nitrogens is 3. The fraction of sp³-hybridized carbons (Fsp3) is 0.227. The van der Waals surface area contributed by atoms with Crippen molar-refractivity contribution in [3.8, 4) is 0 Å². The number of ketones is 1. The zero-order valence-corrected chi connectivity index (χ0v) is 15.3. The molecule has 1 N–H and O–H groups in total. The maximum atomic E-state index is 13.3. The number of hydrogen-bond acceptors (Lipinski definition) is 4. The highest BCUT2D eigenvalue weighted by atomic mass is 19.1. The first-order valence-electron chi connectivity index (χ1n) is 9.34. The van der Waals surface area contributed by atoms with Crippen LogP contribution < -0.4 is 5.32 Å². The number of carbonyl (C=O) groups excluding carboxylic acids is 1. The summed E-state index contributed by atoms with van der Waals surface area (Å²) in [5, 5.41) is 7.69. The Bertz CT molecular complexity index is 1090. The number of nitrogens with zero attached hydrogens (tertiary/aromatic N) is 3. The highest BCUT2D eigenvalue weighted by Crippen LogP contribution is 2.44. The molecule has 3 atom stereocenters. The smallest absolute Gasteiger partial charge is 0.226 e. The first-order chi connectivity index (χ1) is 13.6. The Balaban J connectivity index is 1.62. The van der Waals surface area contributed by atoms with Crippen molar-refractivity contribution in [2.24, 2.45) is 5.92 Å². The molecular weight excluding hydrogens is 355 g/mol. The molecule has 2 aromatic carbocycles. The monoisotopic (exact) mass is 374 g/mol. The molecule has 0 radical (unpaired) electrons. The second-order valence-electron chi connectivity index (χ2n) is 7.38. The van der Waals surface area contributed by atoms with E-state index in [0.717, 1.165) is 22.4 Å². The average Bonchev–Trinajstić information content (AvgIpc) is 3.15. The van der Waals surface area contributed by atoms with Gasteiger partial charge in [-0.3, -0.25) is 4.79 Å². The molecule has 0 fully saturated rings. The van der Waals surface area contributed by atoms with Gasteiger partial charge in [-0.15, -0.1) is 0 Å². The first-order valence-corrected chi connectivity index (χ1v) is 9.34. The van der Waals surface area contributed by atoms with Crippen LogP contribution in [0.2, 0.25) is 0 Å². The number of fused-ring (bicyclic) bond motifs is 2. The van der Waals surface area contributed by atoms with E-state index in [9.17, 15) is 9.18 Å². The van der Waals surface area contributed by atoms with E-state index in [4.69, 9.17) is 0 Å². The Morgan fingerprint density at radius 1 is 1.14 bits per heavy atom. The number of nitrogens with one attached hydrogen (secondary N) is 1. The highest BCUT2D eigenvalue weighted by molar-refractivity contribution is 5.88. The SMILES string of the molecule is Cc1ccccc1[C@@H]1[C@@H]2C(=O)C[C@H](c3ccc(F)cc3)C=C2Nc2ncnn21. The summed E-state index contributed by atoms with van der Waals surface area (Å²) in [7, 11) is 0. The van der Waals surface area contributed by atoms with Crippen molar-refractivity contribution in [3.05, 3.63) is 89.1 Å². The number of carbonyl (C=O) groups is 1. The average molecular weight is 374 g/mol. The summed E-state index contributed by atoms with van der Waals surface area (Å²) in [6.45, 7) is 2.05. The van der Waals surface area contributed by atoms with Crippen LogP contribution in [0.15, 0.2) is 66.6 Å². The third-order valence-corrected chi connectivity index (χ3v) is 5.70. The summed E-state index contributed by atoms with van der Waals surface area (Å²) >= 11 is 0. The van der Waals surface area contributed by atoms with Gasteiger partial charge in [0.25, 0.3) is 0 Å². The lowest BCUT2D eigenvalue weighted by Gasteiger charge is -2.38. The van der Waals surface area contributed by atoms with E-state index < -0.39 is 0 Å². The van der Waals surface area contributed by atoms with E-state index >= 15 is 0 Å². The lowest BCUT2D eigenvalue weighted by Crippen LogP contribution is -2.40.